The molecule has 0 aromatic heterocycles. The summed E-state index contributed by atoms with van der Waals surface area (Å²) in [6.45, 7) is 5.95. The molecule has 1 aromatic rings. The molecule has 19 heavy (non-hydrogen) atoms. The van der Waals surface area contributed by atoms with Gasteiger partial charge in [0.15, 0.2) is 11.5 Å². The molecule has 0 fully saturated rings. The second-order valence-electron chi connectivity index (χ2n) is 4.88. The van der Waals surface area contributed by atoms with Crippen LogP contribution in [0.2, 0.25) is 0 Å². The van der Waals surface area contributed by atoms with Gasteiger partial charge in [-0.1, -0.05) is 19.9 Å². The van der Waals surface area contributed by atoms with Crippen molar-refractivity contribution in [3.8, 4) is 11.5 Å². The van der Waals surface area contributed by atoms with Crippen LogP contribution in [0.3, 0.4) is 0 Å². The number of ether oxygens (including phenoxy) is 2. The molecule has 4 nitrogen and oxygen atoms in total. The van der Waals surface area contributed by atoms with Crippen molar-refractivity contribution in [1.82, 2.24) is 5.32 Å². The summed E-state index contributed by atoms with van der Waals surface area (Å²) in [4.78, 5) is 11.6. The summed E-state index contributed by atoms with van der Waals surface area (Å²) < 4.78 is 10.9. The highest BCUT2D eigenvalue weighted by Crippen LogP contribution is 2.30. The highest BCUT2D eigenvalue weighted by atomic mass is 16.6. The lowest BCUT2D eigenvalue weighted by Gasteiger charge is -2.18. The minimum absolute atomic E-state index is 0.0800. The number of benzene rings is 1. The molecule has 0 aliphatic carbocycles. The predicted molar refractivity (Wildman–Crippen MR) is 74.3 cm³/mol. The van der Waals surface area contributed by atoms with Crippen molar-refractivity contribution in [2.24, 2.45) is 5.92 Å². The van der Waals surface area contributed by atoms with Crippen LogP contribution in [0.15, 0.2) is 24.3 Å². The average Bonchev–Trinajstić information content (AvgIpc) is 2.42. The molecule has 0 spiro atoms. The number of fused-ring (bicyclic) bond motifs is 1. The number of hydrogen-bond acceptors (Lipinski definition) is 3. The van der Waals surface area contributed by atoms with E-state index in [1.807, 2.05) is 18.2 Å². The van der Waals surface area contributed by atoms with Crippen molar-refractivity contribution in [1.29, 1.82) is 0 Å². The van der Waals surface area contributed by atoms with E-state index in [4.69, 9.17) is 9.47 Å². The SMILES string of the molecule is CC(C)CNC(=O)/C=C/c1ccc2c(c1)OCCO2. The summed E-state index contributed by atoms with van der Waals surface area (Å²) in [5, 5.41) is 2.83. The monoisotopic (exact) mass is 261 g/mol. The Kier molecular flexibility index (Phi) is 4.44. The van der Waals surface area contributed by atoms with Crippen molar-refractivity contribution in [3.05, 3.63) is 29.8 Å². The van der Waals surface area contributed by atoms with Gasteiger partial charge in [-0.3, -0.25) is 4.79 Å². The fraction of sp³-hybridized carbons (Fsp3) is 0.400. The lowest BCUT2D eigenvalue weighted by molar-refractivity contribution is -0.116. The summed E-state index contributed by atoms with van der Waals surface area (Å²) in [7, 11) is 0. The van der Waals surface area contributed by atoms with Gasteiger partial charge < -0.3 is 14.8 Å². The maximum Gasteiger partial charge on any atom is 0.244 e. The second kappa shape index (κ2) is 6.27. The Morgan fingerprint density at radius 2 is 2.05 bits per heavy atom. The molecule has 1 aromatic carbocycles. The van der Waals surface area contributed by atoms with Gasteiger partial charge in [0.1, 0.15) is 13.2 Å². The molecule has 1 amide bonds. The summed E-state index contributed by atoms with van der Waals surface area (Å²) in [6.07, 6.45) is 3.31. The van der Waals surface area contributed by atoms with Gasteiger partial charge in [-0.15, -0.1) is 0 Å². The molecule has 0 saturated heterocycles. The maximum atomic E-state index is 11.6. The first-order valence-electron chi connectivity index (χ1n) is 6.50. The molecule has 1 heterocycles. The van der Waals surface area contributed by atoms with Crippen LogP contribution in [0.5, 0.6) is 11.5 Å². The summed E-state index contributed by atoms with van der Waals surface area (Å²) >= 11 is 0. The second-order valence-corrected chi connectivity index (χ2v) is 4.88. The van der Waals surface area contributed by atoms with Crippen LogP contribution in [0.1, 0.15) is 19.4 Å². The van der Waals surface area contributed by atoms with E-state index < -0.39 is 0 Å². The number of carbonyl (C=O) groups excluding carboxylic acids is 1. The van der Waals surface area contributed by atoms with Gasteiger partial charge in [-0.05, 0) is 29.7 Å². The minimum Gasteiger partial charge on any atom is -0.486 e. The Balaban J connectivity index is 1.97. The molecule has 1 aliphatic rings. The fourth-order valence-electron chi connectivity index (χ4n) is 1.70. The van der Waals surface area contributed by atoms with E-state index in [1.54, 1.807) is 6.08 Å². The van der Waals surface area contributed by atoms with E-state index in [1.165, 1.54) is 6.08 Å². The van der Waals surface area contributed by atoms with E-state index in [0.717, 1.165) is 17.1 Å². The molecule has 0 unspecified atom stereocenters. The number of amides is 1. The molecule has 4 heteroatoms. The van der Waals surface area contributed by atoms with Gasteiger partial charge >= 0.3 is 0 Å². The smallest absolute Gasteiger partial charge is 0.244 e. The first-order valence-corrected chi connectivity index (χ1v) is 6.50. The quantitative estimate of drug-likeness (QED) is 0.846. The summed E-state index contributed by atoms with van der Waals surface area (Å²) in [5.41, 5.74) is 0.920. The molecular weight excluding hydrogens is 242 g/mol. The molecule has 0 radical (unpaired) electrons. The van der Waals surface area contributed by atoms with Gasteiger partial charge in [0.25, 0.3) is 0 Å². The van der Waals surface area contributed by atoms with Crippen LogP contribution in [0, 0.1) is 5.92 Å². The zero-order valence-corrected chi connectivity index (χ0v) is 11.3. The van der Waals surface area contributed by atoms with Crippen LogP contribution < -0.4 is 14.8 Å². The fourth-order valence-corrected chi connectivity index (χ4v) is 1.70. The molecule has 0 saturated carbocycles. The van der Waals surface area contributed by atoms with Crippen LogP contribution >= 0.6 is 0 Å². The van der Waals surface area contributed by atoms with Crippen molar-refractivity contribution in [2.45, 2.75) is 13.8 Å². The topological polar surface area (TPSA) is 47.6 Å². The van der Waals surface area contributed by atoms with E-state index >= 15 is 0 Å². The summed E-state index contributed by atoms with van der Waals surface area (Å²) in [6, 6.07) is 5.64. The van der Waals surface area contributed by atoms with Gasteiger partial charge in [-0.2, -0.15) is 0 Å². The molecular formula is C15H19NO3. The molecule has 2 rings (SSSR count). The number of carbonyl (C=O) groups is 1. The van der Waals surface area contributed by atoms with Gasteiger partial charge in [0, 0.05) is 12.6 Å². The Morgan fingerprint density at radius 3 is 2.79 bits per heavy atom. The third-order valence-electron chi connectivity index (χ3n) is 2.68. The Hall–Kier alpha value is -1.97. The third-order valence-corrected chi connectivity index (χ3v) is 2.68. The third kappa shape index (κ3) is 4.02. The highest BCUT2D eigenvalue weighted by Gasteiger charge is 2.10. The molecule has 0 bridgehead atoms. The average molecular weight is 261 g/mol. The van der Waals surface area contributed by atoms with Gasteiger partial charge in [0.2, 0.25) is 5.91 Å². The first-order chi connectivity index (χ1) is 9.15. The largest absolute Gasteiger partial charge is 0.486 e. The summed E-state index contributed by atoms with van der Waals surface area (Å²) in [5.74, 6) is 1.86. The minimum atomic E-state index is -0.0800. The molecule has 0 atom stereocenters. The van der Waals surface area contributed by atoms with Crippen LogP contribution in [-0.4, -0.2) is 25.7 Å². The lowest BCUT2D eigenvalue weighted by atomic mass is 10.1. The maximum absolute atomic E-state index is 11.6. The Morgan fingerprint density at radius 1 is 1.32 bits per heavy atom. The van der Waals surface area contributed by atoms with Gasteiger partial charge in [0.05, 0.1) is 0 Å². The molecule has 1 aliphatic heterocycles. The van der Waals surface area contributed by atoms with Crippen LogP contribution in [-0.2, 0) is 4.79 Å². The Labute approximate surface area is 113 Å². The van der Waals surface area contributed by atoms with E-state index in [-0.39, 0.29) is 5.91 Å². The standard InChI is InChI=1S/C15H19NO3/c1-11(2)10-16-15(17)6-4-12-3-5-13-14(9-12)19-8-7-18-13/h3-6,9,11H,7-8,10H2,1-2H3,(H,16,17)/b6-4+. The number of rotatable bonds is 4. The lowest BCUT2D eigenvalue weighted by Crippen LogP contribution is -2.25. The normalized spacial score (nSPS) is 13.8. The number of nitrogens with one attached hydrogen (secondary N) is 1. The zero-order valence-electron chi connectivity index (χ0n) is 11.3. The molecule has 102 valence electrons. The predicted octanol–water partition coefficient (Wildman–Crippen LogP) is 2.24. The van der Waals surface area contributed by atoms with Crippen LogP contribution in [0.4, 0.5) is 0 Å². The van der Waals surface area contributed by atoms with Crippen molar-refractivity contribution in [3.63, 3.8) is 0 Å². The Bertz CT molecular complexity index is 480. The van der Waals surface area contributed by atoms with Crippen molar-refractivity contribution < 1.29 is 14.3 Å². The first kappa shape index (κ1) is 13.5. The highest BCUT2D eigenvalue weighted by molar-refractivity contribution is 5.91. The molecule has 1 N–H and O–H groups in total. The van der Waals surface area contributed by atoms with Crippen molar-refractivity contribution in [2.75, 3.05) is 19.8 Å². The van der Waals surface area contributed by atoms with Gasteiger partial charge in [-0.25, -0.2) is 0 Å². The van der Waals surface area contributed by atoms with Crippen molar-refractivity contribution >= 4 is 12.0 Å². The number of hydrogen-bond donors (Lipinski definition) is 1. The van der Waals surface area contributed by atoms with E-state index in [9.17, 15) is 4.79 Å². The zero-order chi connectivity index (χ0) is 13.7. The van der Waals surface area contributed by atoms with Crippen LogP contribution in [0.25, 0.3) is 6.08 Å². The van der Waals surface area contributed by atoms with E-state index in [2.05, 4.69) is 19.2 Å². The van der Waals surface area contributed by atoms with E-state index in [0.29, 0.717) is 25.7 Å².